The number of ether oxygens (including phenoxy) is 1. The van der Waals surface area contributed by atoms with Crippen molar-refractivity contribution in [3.8, 4) is 0 Å². The minimum atomic E-state index is -0.0759. The highest BCUT2D eigenvalue weighted by molar-refractivity contribution is 6.30. The number of carbonyl (C=O) groups is 1. The van der Waals surface area contributed by atoms with Crippen LogP contribution in [0.2, 0.25) is 5.02 Å². The van der Waals surface area contributed by atoms with Gasteiger partial charge in [0.2, 0.25) is 0 Å². The number of rotatable bonds is 5. The Labute approximate surface area is 131 Å². The van der Waals surface area contributed by atoms with Gasteiger partial charge in [-0.2, -0.15) is 0 Å². The van der Waals surface area contributed by atoms with Crippen molar-refractivity contribution in [2.45, 2.75) is 32.2 Å². The third kappa shape index (κ3) is 4.35. The molecule has 1 aliphatic rings. The lowest BCUT2D eigenvalue weighted by molar-refractivity contribution is 0.126. The van der Waals surface area contributed by atoms with E-state index in [1.807, 2.05) is 17.0 Å². The number of hydrogen-bond donors (Lipinski definition) is 1. The van der Waals surface area contributed by atoms with E-state index in [9.17, 15) is 4.79 Å². The number of anilines is 1. The maximum Gasteiger partial charge on any atom is 0.322 e. The Morgan fingerprint density at radius 2 is 2.29 bits per heavy atom. The zero-order valence-electron chi connectivity index (χ0n) is 12.6. The summed E-state index contributed by atoms with van der Waals surface area (Å²) < 4.78 is 5.14. The Balaban J connectivity index is 2.06. The van der Waals surface area contributed by atoms with E-state index < -0.39 is 0 Å². The minimum Gasteiger partial charge on any atom is -0.383 e. The molecule has 2 atom stereocenters. The predicted octanol–water partition coefficient (Wildman–Crippen LogP) is 4.01. The second-order valence-corrected chi connectivity index (χ2v) is 6.04. The van der Waals surface area contributed by atoms with Gasteiger partial charge in [0.1, 0.15) is 0 Å². The predicted molar refractivity (Wildman–Crippen MR) is 85.9 cm³/mol. The molecule has 0 aromatic heterocycles. The molecule has 5 heteroatoms. The summed E-state index contributed by atoms with van der Waals surface area (Å²) >= 11 is 5.96. The third-order valence-electron chi connectivity index (χ3n) is 4.09. The van der Waals surface area contributed by atoms with Gasteiger partial charge in [-0.1, -0.05) is 31.0 Å². The van der Waals surface area contributed by atoms with Gasteiger partial charge in [-0.15, -0.1) is 0 Å². The smallest absolute Gasteiger partial charge is 0.322 e. The van der Waals surface area contributed by atoms with Crippen LogP contribution in [0.1, 0.15) is 26.2 Å². The van der Waals surface area contributed by atoms with Crippen molar-refractivity contribution in [3.63, 3.8) is 0 Å². The van der Waals surface area contributed by atoms with E-state index in [-0.39, 0.29) is 6.03 Å². The molecule has 116 valence electrons. The summed E-state index contributed by atoms with van der Waals surface area (Å²) in [5.41, 5.74) is 0.723. The Morgan fingerprint density at radius 1 is 1.48 bits per heavy atom. The third-order valence-corrected chi connectivity index (χ3v) is 4.32. The van der Waals surface area contributed by atoms with Crippen LogP contribution in [0, 0.1) is 5.92 Å². The topological polar surface area (TPSA) is 41.6 Å². The highest BCUT2D eigenvalue weighted by Gasteiger charge is 2.31. The van der Waals surface area contributed by atoms with E-state index in [0.29, 0.717) is 30.1 Å². The maximum absolute atomic E-state index is 12.6. The number of benzene rings is 1. The van der Waals surface area contributed by atoms with Crippen molar-refractivity contribution < 1.29 is 9.53 Å². The average molecular weight is 311 g/mol. The second kappa shape index (κ2) is 7.66. The van der Waals surface area contributed by atoms with Crippen LogP contribution >= 0.6 is 11.6 Å². The SMILES string of the molecule is COCCN(C(=O)Nc1cccc(Cl)c1)[C@@H]1CCC[C@H]1C. The van der Waals surface area contributed by atoms with Gasteiger partial charge in [0.25, 0.3) is 0 Å². The molecule has 0 bridgehead atoms. The Bertz CT molecular complexity index is 481. The van der Waals surface area contributed by atoms with Crippen molar-refractivity contribution in [2.24, 2.45) is 5.92 Å². The molecule has 4 nitrogen and oxygen atoms in total. The van der Waals surface area contributed by atoms with Crippen LogP contribution in [0.5, 0.6) is 0 Å². The summed E-state index contributed by atoms with van der Waals surface area (Å²) in [6, 6.07) is 7.43. The Hall–Kier alpha value is -1.26. The van der Waals surface area contributed by atoms with Crippen LogP contribution in [0.15, 0.2) is 24.3 Å². The highest BCUT2D eigenvalue weighted by Crippen LogP contribution is 2.30. The number of hydrogen-bond acceptors (Lipinski definition) is 2. The number of carbonyl (C=O) groups excluding carboxylic acids is 1. The number of nitrogens with one attached hydrogen (secondary N) is 1. The van der Waals surface area contributed by atoms with E-state index in [4.69, 9.17) is 16.3 Å². The summed E-state index contributed by atoms with van der Waals surface area (Å²) in [5, 5.41) is 3.55. The lowest BCUT2D eigenvalue weighted by atomic mass is 10.1. The molecule has 2 rings (SSSR count). The minimum absolute atomic E-state index is 0.0759. The van der Waals surface area contributed by atoms with E-state index in [1.54, 1.807) is 19.2 Å². The molecular weight excluding hydrogens is 288 g/mol. The number of nitrogens with zero attached hydrogens (tertiary/aromatic N) is 1. The molecule has 0 radical (unpaired) electrons. The maximum atomic E-state index is 12.6. The quantitative estimate of drug-likeness (QED) is 0.893. The summed E-state index contributed by atoms with van der Waals surface area (Å²) in [6.07, 6.45) is 3.42. The number of amides is 2. The number of methoxy groups -OCH3 is 1. The van der Waals surface area contributed by atoms with Gasteiger partial charge in [-0.05, 0) is 37.0 Å². The van der Waals surface area contributed by atoms with E-state index >= 15 is 0 Å². The summed E-state index contributed by atoms with van der Waals surface area (Å²) in [7, 11) is 1.66. The van der Waals surface area contributed by atoms with Gasteiger partial charge >= 0.3 is 6.03 Å². The molecule has 0 unspecified atom stereocenters. The summed E-state index contributed by atoms with van der Waals surface area (Å²) in [5.74, 6) is 0.534. The van der Waals surface area contributed by atoms with Crippen molar-refractivity contribution in [2.75, 3.05) is 25.6 Å². The van der Waals surface area contributed by atoms with Crippen LogP contribution in [0.3, 0.4) is 0 Å². The fourth-order valence-corrected chi connectivity index (χ4v) is 3.15. The molecular formula is C16H23ClN2O2. The van der Waals surface area contributed by atoms with Gasteiger partial charge in [0.15, 0.2) is 0 Å². The first-order chi connectivity index (χ1) is 10.1. The first-order valence-electron chi connectivity index (χ1n) is 7.44. The van der Waals surface area contributed by atoms with Crippen molar-refractivity contribution in [1.82, 2.24) is 4.90 Å². The fourth-order valence-electron chi connectivity index (χ4n) is 2.96. The van der Waals surface area contributed by atoms with Gasteiger partial charge < -0.3 is 15.0 Å². The second-order valence-electron chi connectivity index (χ2n) is 5.60. The van der Waals surface area contributed by atoms with Crippen LogP contribution in [-0.4, -0.2) is 37.2 Å². The lowest BCUT2D eigenvalue weighted by Crippen LogP contribution is -2.45. The first kappa shape index (κ1) is 16.1. The van der Waals surface area contributed by atoms with E-state index in [2.05, 4.69) is 12.2 Å². The van der Waals surface area contributed by atoms with Gasteiger partial charge in [-0.25, -0.2) is 4.79 Å². The first-order valence-corrected chi connectivity index (χ1v) is 7.81. The zero-order valence-corrected chi connectivity index (χ0v) is 13.4. The molecule has 0 aliphatic heterocycles. The highest BCUT2D eigenvalue weighted by atomic mass is 35.5. The van der Waals surface area contributed by atoms with Crippen LogP contribution in [0.4, 0.5) is 10.5 Å². The molecule has 21 heavy (non-hydrogen) atoms. The van der Waals surface area contributed by atoms with Crippen molar-refractivity contribution in [1.29, 1.82) is 0 Å². The monoisotopic (exact) mass is 310 g/mol. The standard InChI is InChI=1S/C16H23ClN2O2/c1-12-5-3-8-15(12)19(9-10-21-2)16(20)18-14-7-4-6-13(17)11-14/h4,6-7,11-12,15H,3,5,8-10H2,1-2H3,(H,18,20)/t12-,15-/m1/s1. The zero-order chi connectivity index (χ0) is 15.2. The molecule has 1 aromatic carbocycles. The number of urea groups is 1. The van der Waals surface area contributed by atoms with E-state index in [0.717, 1.165) is 12.1 Å². The molecule has 0 heterocycles. The molecule has 0 spiro atoms. The van der Waals surface area contributed by atoms with Crippen molar-refractivity contribution >= 4 is 23.3 Å². The average Bonchev–Trinajstić information content (AvgIpc) is 2.86. The molecule has 1 N–H and O–H groups in total. The van der Waals surface area contributed by atoms with E-state index in [1.165, 1.54) is 12.8 Å². The normalized spacial score (nSPS) is 21.3. The lowest BCUT2D eigenvalue weighted by Gasteiger charge is -2.31. The summed E-state index contributed by atoms with van der Waals surface area (Å²) in [4.78, 5) is 14.5. The molecule has 1 aliphatic carbocycles. The largest absolute Gasteiger partial charge is 0.383 e. The Morgan fingerprint density at radius 3 is 2.90 bits per heavy atom. The fraction of sp³-hybridized carbons (Fsp3) is 0.562. The summed E-state index contributed by atoms with van der Waals surface area (Å²) in [6.45, 7) is 3.37. The van der Waals surface area contributed by atoms with Crippen LogP contribution in [-0.2, 0) is 4.74 Å². The van der Waals surface area contributed by atoms with Crippen LogP contribution < -0.4 is 5.32 Å². The molecule has 1 saturated carbocycles. The number of halogens is 1. The van der Waals surface area contributed by atoms with Crippen LogP contribution in [0.25, 0.3) is 0 Å². The van der Waals surface area contributed by atoms with Crippen molar-refractivity contribution in [3.05, 3.63) is 29.3 Å². The molecule has 1 aromatic rings. The van der Waals surface area contributed by atoms with Gasteiger partial charge in [-0.3, -0.25) is 0 Å². The van der Waals surface area contributed by atoms with Gasteiger partial charge in [0.05, 0.1) is 6.61 Å². The molecule has 0 saturated heterocycles. The molecule has 2 amide bonds. The molecule has 1 fully saturated rings. The van der Waals surface area contributed by atoms with Gasteiger partial charge in [0, 0.05) is 30.4 Å². The Kier molecular flexibility index (Phi) is 5.88.